The Bertz CT molecular complexity index is 1540. The first-order chi connectivity index (χ1) is 16.8. The quantitative estimate of drug-likeness (QED) is 0.205. The summed E-state index contributed by atoms with van der Waals surface area (Å²) in [6, 6.07) is 18.3. The Morgan fingerprint density at radius 1 is 0.971 bits per heavy atom. The second-order valence-electron chi connectivity index (χ2n) is 8.21. The Morgan fingerprint density at radius 2 is 1.74 bits per heavy atom. The van der Waals surface area contributed by atoms with E-state index < -0.39 is 17.7 Å². The van der Waals surface area contributed by atoms with Crippen LogP contribution < -0.4 is 9.64 Å². The molecule has 6 nitrogen and oxygen atoms in total. The van der Waals surface area contributed by atoms with Crippen LogP contribution in [0.4, 0.5) is 5.69 Å². The van der Waals surface area contributed by atoms with Crippen molar-refractivity contribution in [3.63, 3.8) is 0 Å². The molecule has 0 spiro atoms. The number of amides is 1. The van der Waals surface area contributed by atoms with Gasteiger partial charge in [-0.05, 0) is 36.4 Å². The third kappa shape index (κ3) is 3.75. The van der Waals surface area contributed by atoms with Crippen LogP contribution in [0.2, 0.25) is 10.0 Å². The van der Waals surface area contributed by atoms with Gasteiger partial charge in [0, 0.05) is 47.0 Å². The molecule has 176 valence electrons. The average Bonchev–Trinajstić information content (AvgIpc) is 3.34. The van der Waals surface area contributed by atoms with Gasteiger partial charge in [-0.1, -0.05) is 47.5 Å². The van der Waals surface area contributed by atoms with Gasteiger partial charge in [-0.15, -0.1) is 0 Å². The smallest absolute Gasteiger partial charge is 0.300 e. The fourth-order valence-electron chi connectivity index (χ4n) is 4.54. The minimum absolute atomic E-state index is 0.0347. The van der Waals surface area contributed by atoms with E-state index in [2.05, 4.69) is 0 Å². The summed E-state index contributed by atoms with van der Waals surface area (Å²) < 4.78 is 7.27. The number of halogens is 2. The number of anilines is 1. The van der Waals surface area contributed by atoms with Crippen LogP contribution in [-0.2, 0) is 16.6 Å². The van der Waals surface area contributed by atoms with E-state index in [-0.39, 0.29) is 21.9 Å². The molecule has 35 heavy (non-hydrogen) atoms. The SMILES string of the molecule is COc1cccc(N2C(=O)C(=O)/C(=C(/O)c3ccc(Cl)c(Cl)c3)C2c2cn(C)c3ccccc23)c1. The maximum Gasteiger partial charge on any atom is 0.300 e. The van der Waals surface area contributed by atoms with E-state index in [1.54, 1.807) is 30.3 Å². The summed E-state index contributed by atoms with van der Waals surface area (Å²) in [5.74, 6) is -1.34. The lowest BCUT2D eigenvalue weighted by Gasteiger charge is -2.25. The van der Waals surface area contributed by atoms with Gasteiger partial charge >= 0.3 is 0 Å². The van der Waals surface area contributed by atoms with E-state index in [0.717, 1.165) is 10.9 Å². The van der Waals surface area contributed by atoms with Gasteiger partial charge in [-0.2, -0.15) is 0 Å². The Kier molecular flexibility index (Phi) is 5.79. The molecule has 1 aliphatic heterocycles. The Balaban J connectivity index is 1.81. The molecule has 1 amide bonds. The molecule has 0 aliphatic carbocycles. The summed E-state index contributed by atoms with van der Waals surface area (Å²) in [6.07, 6.45) is 1.87. The van der Waals surface area contributed by atoms with Gasteiger partial charge in [0.25, 0.3) is 11.7 Å². The normalized spacial score (nSPS) is 17.4. The minimum Gasteiger partial charge on any atom is -0.507 e. The summed E-state index contributed by atoms with van der Waals surface area (Å²) in [5, 5.41) is 12.7. The van der Waals surface area contributed by atoms with Crippen molar-refractivity contribution in [2.24, 2.45) is 7.05 Å². The third-order valence-corrected chi connectivity index (χ3v) is 6.93. The van der Waals surface area contributed by atoms with Gasteiger partial charge in [0.2, 0.25) is 0 Å². The topological polar surface area (TPSA) is 71.8 Å². The van der Waals surface area contributed by atoms with Crippen molar-refractivity contribution in [2.45, 2.75) is 6.04 Å². The highest BCUT2D eigenvalue weighted by Crippen LogP contribution is 2.45. The van der Waals surface area contributed by atoms with Crippen molar-refractivity contribution >= 4 is 57.2 Å². The maximum atomic E-state index is 13.4. The molecule has 3 aromatic carbocycles. The molecule has 1 fully saturated rings. The monoisotopic (exact) mass is 506 g/mol. The van der Waals surface area contributed by atoms with E-state index in [0.29, 0.717) is 22.0 Å². The number of hydrogen-bond acceptors (Lipinski definition) is 4. The second-order valence-corrected chi connectivity index (χ2v) is 9.03. The van der Waals surface area contributed by atoms with E-state index >= 15 is 0 Å². The van der Waals surface area contributed by atoms with Crippen molar-refractivity contribution in [1.82, 2.24) is 4.57 Å². The highest BCUT2D eigenvalue weighted by Gasteiger charge is 2.48. The van der Waals surface area contributed by atoms with E-state index in [1.165, 1.54) is 24.1 Å². The zero-order chi connectivity index (χ0) is 24.9. The molecule has 1 saturated heterocycles. The first-order valence-electron chi connectivity index (χ1n) is 10.8. The number of carbonyl (C=O) groups excluding carboxylic acids is 2. The van der Waals surface area contributed by atoms with Crippen molar-refractivity contribution in [2.75, 3.05) is 12.0 Å². The molecule has 1 unspecified atom stereocenters. The van der Waals surface area contributed by atoms with Crippen LogP contribution in [-0.4, -0.2) is 28.5 Å². The molecule has 1 atom stereocenters. The number of ketones is 1. The fraction of sp³-hybridized carbons (Fsp3) is 0.111. The molecule has 2 heterocycles. The molecule has 0 bridgehead atoms. The third-order valence-electron chi connectivity index (χ3n) is 6.19. The number of Topliss-reactive ketones (excluding diaryl/α,β-unsaturated/α-hetero) is 1. The maximum absolute atomic E-state index is 13.4. The summed E-state index contributed by atoms with van der Waals surface area (Å²) in [5.41, 5.74) is 2.35. The molecule has 4 aromatic rings. The minimum atomic E-state index is -0.886. The zero-order valence-electron chi connectivity index (χ0n) is 18.8. The summed E-state index contributed by atoms with van der Waals surface area (Å²) in [4.78, 5) is 28.3. The summed E-state index contributed by atoms with van der Waals surface area (Å²) in [6.45, 7) is 0. The molecule has 0 radical (unpaired) electrons. The number of para-hydroxylation sites is 1. The molecule has 1 N–H and O–H groups in total. The van der Waals surface area contributed by atoms with Crippen molar-refractivity contribution in [1.29, 1.82) is 0 Å². The van der Waals surface area contributed by atoms with E-state index in [1.807, 2.05) is 42.1 Å². The number of fused-ring (bicyclic) bond motifs is 1. The number of nitrogens with zero attached hydrogens (tertiary/aromatic N) is 2. The van der Waals surface area contributed by atoms with Crippen LogP contribution >= 0.6 is 23.2 Å². The van der Waals surface area contributed by atoms with Gasteiger partial charge < -0.3 is 14.4 Å². The van der Waals surface area contributed by atoms with Gasteiger partial charge in [-0.3, -0.25) is 14.5 Å². The summed E-state index contributed by atoms with van der Waals surface area (Å²) in [7, 11) is 3.42. The van der Waals surface area contributed by atoms with Crippen LogP contribution in [0.5, 0.6) is 5.75 Å². The number of aliphatic hydroxyl groups is 1. The van der Waals surface area contributed by atoms with Crippen LogP contribution in [0.3, 0.4) is 0 Å². The van der Waals surface area contributed by atoms with Crippen molar-refractivity contribution in [3.05, 3.63) is 99.7 Å². The number of aliphatic hydroxyl groups excluding tert-OH is 1. The molecule has 8 heteroatoms. The number of methoxy groups -OCH3 is 1. The Hall–Kier alpha value is -3.74. The molecular formula is C27H20Cl2N2O4. The largest absolute Gasteiger partial charge is 0.507 e. The van der Waals surface area contributed by atoms with Crippen LogP contribution in [0.15, 0.2) is 78.5 Å². The van der Waals surface area contributed by atoms with Gasteiger partial charge in [-0.25, -0.2) is 0 Å². The highest BCUT2D eigenvalue weighted by atomic mass is 35.5. The lowest BCUT2D eigenvalue weighted by atomic mass is 9.94. The number of carbonyl (C=O) groups is 2. The van der Waals surface area contributed by atoms with Crippen molar-refractivity contribution in [3.8, 4) is 5.75 Å². The van der Waals surface area contributed by atoms with E-state index in [4.69, 9.17) is 27.9 Å². The lowest BCUT2D eigenvalue weighted by Crippen LogP contribution is -2.29. The Morgan fingerprint density at radius 3 is 2.49 bits per heavy atom. The first kappa shape index (κ1) is 23.0. The first-order valence-corrected chi connectivity index (χ1v) is 11.5. The lowest BCUT2D eigenvalue weighted by molar-refractivity contribution is -0.132. The van der Waals surface area contributed by atoms with Gasteiger partial charge in [0.1, 0.15) is 11.5 Å². The fourth-order valence-corrected chi connectivity index (χ4v) is 4.84. The molecular weight excluding hydrogens is 487 g/mol. The predicted octanol–water partition coefficient (Wildman–Crippen LogP) is 6.12. The second kappa shape index (κ2) is 8.80. The highest BCUT2D eigenvalue weighted by molar-refractivity contribution is 6.52. The van der Waals surface area contributed by atoms with Crippen molar-refractivity contribution < 1.29 is 19.4 Å². The average molecular weight is 507 g/mol. The standard InChI is InChI=1S/C27H20Cl2N2O4/c1-30-14-19(18-8-3-4-9-22(18)30)24-23(25(32)15-10-11-20(28)21(29)12-15)26(33)27(34)31(24)16-6-5-7-17(13-16)35-2/h3-14,24,32H,1-2H3/b25-23+. The van der Waals surface area contributed by atoms with Crippen LogP contribution in [0.1, 0.15) is 17.2 Å². The molecule has 0 saturated carbocycles. The zero-order valence-corrected chi connectivity index (χ0v) is 20.3. The van der Waals surface area contributed by atoms with Gasteiger partial charge in [0.15, 0.2) is 0 Å². The van der Waals surface area contributed by atoms with E-state index in [9.17, 15) is 14.7 Å². The number of ether oxygens (including phenoxy) is 1. The van der Waals surface area contributed by atoms with Gasteiger partial charge in [0.05, 0.1) is 28.8 Å². The number of hydrogen-bond donors (Lipinski definition) is 1. The van der Waals surface area contributed by atoms with Crippen LogP contribution in [0.25, 0.3) is 16.7 Å². The van der Waals surface area contributed by atoms with Crippen LogP contribution in [0, 0.1) is 0 Å². The molecule has 5 rings (SSSR count). The number of benzene rings is 3. The number of rotatable bonds is 4. The Labute approximate surface area is 211 Å². The molecule has 1 aromatic heterocycles. The predicted molar refractivity (Wildman–Crippen MR) is 137 cm³/mol. The number of aryl methyl sites for hydroxylation is 1. The number of aromatic nitrogens is 1. The molecule has 1 aliphatic rings. The summed E-state index contributed by atoms with van der Waals surface area (Å²) >= 11 is 12.2.